The van der Waals surface area contributed by atoms with Gasteiger partial charge < -0.3 is 57.5 Å². The van der Waals surface area contributed by atoms with Gasteiger partial charge in [0.2, 0.25) is 49.5 Å². The number of hydrogen-bond acceptors (Lipinski definition) is 14. The van der Waals surface area contributed by atoms with E-state index in [1.807, 2.05) is 67.5 Å². The van der Waals surface area contributed by atoms with Crippen LogP contribution in [0.15, 0.2) is 122 Å². The van der Waals surface area contributed by atoms with Gasteiger partial charge in [0.15, 0.2) is 0 Å². The van der Waals surface area contributed by atoms with Crippen molar-refractivity contribution in [1.29, 1.82) is 0 Å². The Morgan fingerprint density at radius 3 is 1.32 bits per heavy atom. The first-order valence-electron chi connectivity index (χ1n) is 26.5. The van der Waals surface area contributed by atoms with Gasteiger partial charge in [0.25, 0.3) is 0 Å². The summed E-state index contributed by atoms with van der Waals surface area (Å²) < 4.78 is 56.2. The fraction of sp³-hybridized carbons (Fsp3) is 0.404. The molecule has 2 aromatic heterocycles. The van der Waals surface area contributed by atoms with Crippen molar-refractivity contribution < 1.29 is 66.2 Å². The van der Waals surface area contributed by atoms with Crippen molar-refractivity contribution in [2.75, 3.05) is 88.6 Å². The SMILES string of the molecule is CC(=O)N1CCN(c2ccc(OC[C@@H]3CO[C@@](Cn4cc[n+](COC(=O)CC(=O)OC[n+]5ccn(C[C@@]6(c7ccc(Cl)cc7Cl)OC[C@@H](COc7ccc(N8CCN(C(C)=O)CC8)cc7)O6)c5)c4)(c4ccc(Cl)cc4Cl)O3)cc2)CC1. The van der Waals surface area contributed by atoms with Gasteiger partial charge in [-0.3, -0.25) is 19.2 Å². The Kier molecular flexibility index (Phi) is 18.3. The second-order valence-electron chi connectivity index (χ2n) is 20.1. The molecule has 0 unspecified atom stereocenters. The van der Waals surface area contributed by atoms with E-state index in [1.165, 1.54) is 0 Å². The molecule has 20 nitrogen and oxygen atoms in total. The van der Waals surface area contributed by atoms with Gasteiger partial charge in [-0.2, -0.15) is 0 Å². The lowest BCUT2D eigenvalue weighted by Crippen LogP contribution is -2.48. The van der Waals surface area contributed by atoms with Crippen LogP contribution in [0, 0.1) is 0 Å². The summed E-state index contributed by atoms with van der Waals surface area (Å²) in [6.07, 6.45) is 8.81. The Bertz CT molecular complexity index is 2980. The molecule has 4 aliphatic heterocycles. The highest BCUT2D eigenvalue weighted by molar-refractivity contribution is 6.35. The first-order valence-corrected chi connectivity index (χ1v) is 28.0. The van der Waals surface area contributed by atoms with E-state index in [9.17, 15) is 19.2 Å². The highest BCUT2D eigenvalue weighted by Crippen LogP contribution is 2.42. The zero-order chi connectivity index (χ0) is 56.7. The van der Waals surface area contributed by atoms with Crippen LogP contribution in [0.25, 0.3) is 0 Å². The van der Waals surface area contributed by atoms with Crippen molar-refractivity contribution in [2.24, 2.45) is 0 Å². The lowest BCUT2D eigenvalue weighted by molar-refractivity contribution is -0.727. The van der Waals surface area contributed by atoms with Crippen LogP contribution in [-0.2, 0) is 85.7 Å². The number of nitrogens with zero attached hydrogens (tertiary/aromatic N) is 8. The average molecular weight is 1190 g/mol. The fourth-order valence-corrected chi connectivity index (χ4v) is 11.3. The maximum Gasteiger partial charge on any atom is 0.320 e. The van der Waals surface area contributed by atoms with Gasteiger partial charge in [0.1, 0.15) is 81.2 Å². The number of anilines is 2. The number of benzene rings is 4. The first kappa shape index (κ1) is 57.6. The van der Waals surface area contributed by atoms with Gasteiger partial charge in [0.05, 0.1) is 23.3 Å². The second-order valence-corrected chi connectivity index (χ2v) is 21.8. The topological polar surface area (TPSA) is 173 Å². The molecule has 4 saturated heterocycles. The first-order chi connectivity index (χ1) is 39.1. The zero-order valence-corrected chi connectivity index (χ0v) is 47.7. The van der Waals surface area contributed by atoms with Crippen molar-refractivity contribution >= 4 is 81.5 Å². The summed E-state index contributed by atoms with van der Waals surface area (Å²) in [5.74, 6) is -2.70. The summed E-state index contributed by atoms with van der Waals surface area (Å²) >= 11 is 26.1. The van der Waals surface area contributed by atoms with Crippen LogP contribution in [0.4, 0.5) is 11.4 Å². The van der Waals surface area contributed by atoms with E-state index >= 15 is 0 Å². The van der Waals surface area contributed by atoms with Crippen LogP contribution < -0.4 is 28.4 Å². The monoisotopic (exact) mass is 1190 g/mol. The van der Waals surface area contributed by atoms with Crippen LogP contribution in [-0.4, -0.2) is 134 Å². The summed E-state index contributed by atoms with van der Waals surface area (Å²) in [7, 11) is 0. The van der Waals surface area contributed by atoms with Crippen LogP contribution in [0.2, 0.25) is 20.1 Å². The number of piperazine rings is 2. The largest absolute Gasteiger partial charge is 0.491 e. The van der Waals surface area contributed by atoms with Gasteiger partial charge in [-0.1, -0.05) is 58.5 Å². The molecule has 4 fully saturated rings. The molecule has 4 aromatic carbocycles. The quantitative estimate of drug-likeness (QED) is 0.0455. The molecule has 4 atom stereocenters. The van der Waals surface area contributed by atoms with Gasteiger partial charge >= 0.3 is 11.9 Å². The Balaban J connectivity index is 0.687. The number of carbonyl (C=O) groups is 4. The third-order valence-electron chi connectivity index (χ3n) is 14.4. The Hall–Kier alpha value is -6.62. The second kappa shape index (κ2) is 25.7. The van der Waals surface area contributed by atoms with Crippen molar-refractivity contribution in [3.8, 4) is 11.5 Å². The molecule has 0 radical (unpaired) electrons. The van der Waals surface area contributed by atoms with Crippen LogP contribution in [0.3, 0.4) is 0 Å². The molecule has 24 heteroatoms. The van der Waals surface area contributed by atoms with E-state index in [2.05, 4.69) is 9.80 Å². The lowest BCUT2D eigenvalue weighted by Gasteiger charge is -2.35. The average Bonchev–Trinajstić information content (AvgIpc) is 4.43. The number of aromatic nitrogens is 4. The van der Waals surface area contributed by atoms with Crippen LogP contribution in [0.1, 0.15) is 31.4 Å². The lowest BCUT2D eigenvalue weighted by atomic mass is 10.1. The number of carbonyl (C=O) groups excluding carboxylic acids is 4. The summed E-state index contributed by atoms with van der Waals surface area (Å²) in [5, 5.41) is 1.62. The number of halogens is 4. The molecule has 4 aliphatic rings. The number of rotatable bonds is 20. The summed E-state index contributed by atoms with van der Waals surface area (Å²) in [6, 6.07) is 25.9. The van der Waals surface area contributed by atoms with Gasteiger partial charge in [-0.05, 0) is 72.8 Å². The summed E-state index contributed by atoms with van der Waals surface area (Å²) in [5.41, 5.74) is 3.25. The number of esters is 2. The smallest absolute Gasteiger partial charge is 0.320 e. The van der Waals surface area contributed by atoms with E-state index in [0.29, 0.717) is 68.9 Å². The third-order valence-corrected chi connectivity index (χ3v) is 15.5. The molecular weight excluding hydrogens is 1130 g/mol. The maximum atomic E-state index is 12.9. The van der Waals surface area contributed by atoms with E-state index in [1.54, 1.807) is 96.8 Å². The Morgan fingerprint density at radius 2 is 0.951 bits per heavy atom. The third kappa shape index (κ3) is 14.4. The number of ether oxygens (including phenoxy) is 8. The van der Waals surface area contributed by atoms with Crippen LogP contribution in [0.5, 0.6) is 11.5 Å². The van der Waals surface area contributed by atoms with Gasteiger partial charge in [-0.15, -0.1) is 0 Å². The van der Waals surface area contributed by atoms with E-state index in [-0.39, 0.29) is 64.8 Å². The minimum absolute atomic E-state index is 0.0892. The highest BCUT2D eigenvalue weighted by atomic mass is 35.5. The summed E-state index contributed by atoms with van der Waals surface area (Å²) in [6.45, 7) is 9.73. The molecule has 428 valence electrons. The molecular formula is C57H62Cl4N8O12+2. The van der Waals surface area contributed by atoms with E-state index < -0.39 is 42.1 Å². The van der Waals surface area contributed by atoms with Gasteiger partial charge in [-0.25, -0.2) is 18.3 Å². The van der Waals surface area contributed by atoms with Crippen molar-refractivity contribution in [2.45, 2.75) is 70.6 Å². The Labute approximate surface area is 488 Å². The highest BCUT2D eigenvalue weighted by Gasteiger charge is 2.48. The molecule has 81 heavy (non-hydrogen) atoms. The molecule has 0 bridgehead atoms. The molecule has 0 N–H and O–H groups in total. The minimum Gasteiger partial charge on any atom is -0.491 e. The molecule has 6 heterocycles. The standard InChI is InChI=1S/C57H62Cl4N8O12/c1-40(70)66-19-23-68(24-20-66)44-5-9-46(10-6-44)74-30-48-32-78-56(80-48,50-13-3-42(58)27-52(50)60)34-62-15-17-64(36-62)38-76-54(72)29-55(73)77-39-65-18-16-63(37-65)35-57(51-14-4-43(59)28-53(51)61)79-33-49(81-57)31-75-47-11-7-45(8-12-47)69-25-21-67(22-26-69)41(2)71/h3-18,27-28,36-37,48-49H,19-26,29-35,38-39H2,1-2H3/q+2/t48-,49-,56-,57-/m1/s1. The molecule has 6 aromatic rings. The van der Waals surface area contributed by atoms with Crippen molar-refractivity contribution in [3.05, 3.63) is 154 Å². The minimum atomic E-state index is -1.33. The molecule has 0 saturated carbocycles. The normalized spacial score (nSPS) is 21.1. The molecule has 0 aliphatic carbocycles. The van der Waals surface area contributed by atoms with Gasteiger partial charge in [0, 0.05) is 98.8 Å². The predicted molar refractivity (Wildman–Crippen MR) is 297 cm³/mol. The molecule has 0 spiro atoms. The number of hydrogen-bond donors (Lipinski definition) is 0. The molecule has 10 rings (SSSR count). The number of imidazole rings is 2. The van der Waals surface area contributed by atoms with Crippen molar-refractivity contribution in [1.82, 2.24) is 18.9 Å². The fourth-order valence-electron chi connectivity index (χ4n) is 10.2. The van der Waals surface area contributed by atoms with Crippen molar-refractivity contribution in [3.63, 3.8) is 0 Å². The Morgan fingerprint density at radius 1 is 0.556 bits per heavy atom. The maximum absolute atomic E-state index is 12.9. The summed E-state index contributed by atoms with van der Waals surface area (Å²) in [4.78, 5) is 57.5. The predicted octanol–water partition coefficient (Wildman–Crippen LogP) is 6.60. The molecule has 2 amide bonds. The van der Waals surface area contributed by atoms with Crippen LogP contribution >= 0.6 is 46.4 Å². The zero-order valence-electron chi connectivity index (χ0n) is 44.7. The van der Waals surface area contributed by atoms with E-state index in [0.717, 1.165) is 37.6 Å². The number of amides is 2. The van der Waals surface area contributed by atoms with E-state index in [4.69, 9.17) is 84.3 Å².